The number of rotatable bonds is 12. The van der Waals surface area contributed by atoms with Gasteiger partial charge in [-0.25, -0.2) is 0 Å². The van der Waals surface area contributed by atoms with Gasteiger partial charge in [0.1, 0.15) is 11.8 Å². The van der Waals surface area contributed by atoms with E-state index in [2.05, 4.69) is 33.0 Å². The van der Waals surface area contributed by atoms with Crippen molar-refractivity contribution >= 4 is 23.4 Å². The van der Waals surface area contributed by atoms with Crippen molar-refractivity contribution in [3.63, 3.8) is 0 Å². The van der Waals surface area contributed by atoms with Gasteiger partial charge in [-0.05, 0) is 40.7 Å². The number of nitrogens with zero attached hydrogens (tertiary/aromatic N) is 1. The molecule has 0 fully saturated rings. The average Bonchev–Trinajstić information content (AvgIpc) is 2.90. The molecule has 3 aromatic carbocycles. The highest BCUT2D eigenvalue weighted by Crippen LogP contribution is 2.31. The summed E-state index contributed by atoms with van der Waals surface area (Å²) in [5.74, 6) is 0.205. The average molecular weight is 535 g/mol. The second-order valence-corrected chi connectivity index (χ2v) is 10.9. The molecule has 0 aliphatic carbocycles. The molecule has 0 saturated carbocycles. The van der Waals surface area contributed by atoms with Crippen molar-refractivity contribution in [2.24, 2.45) is 0 Å². The van der Waals surface area contributed by atoms with Crippen LogP contribution in [0.2, 0.25) is 5.02 Å². The van der Waals surface area contributed by atoms with E-state index < -0.39 is 6.04 Å². The first-order valence-corrected chi connectivity index (χ1v) is 13.6. The van der Waals surface area contributed by atoms with Gasteiger partial charge in [0.05, 0.1) is 0 Å². The van der Waals surface area contributed by atoms with Crippen LogP contribution in [0.4, 0.5) is 0 Å². The van der Waals surface area contributed by atoms with Crippen molar-refractivity contribution in [2.45, 2.75) is 65.0 Å². The predicted molar refractivity (Wildman–Crippen MR) is 154 cm³/mol. The number of carbonyl (C=O) groups excluding carboxylic acids is 2. The van der Waals surface area contributed by atoms with E-state index in [0.717, 1.165) is 29.5 Å². The molecule has 2 amide bonds. The SMILES string of the molecule is CCCCNC(=O)[C@@H](Cc1ccccc1)N(Cc1ccccc1Cl)C(=O)COc1ccccc1C(C)(C)C. The van der Waals surface area contributed by atoms with Crippen LogP contribution in [-0.2, 0) is 28.0 Å². The Morgan fingerprint density at radius 2 is 1.61 bits per heavy atom. The molecule has 0 unspecified atom stereocenters. The minimum Gasteiger partial charge on any atom is -0.483 e. The van der Waals surface area contributed by atoms with Crippen LogP contribution in [0.1, 0.15) is 57.2 Å². The van der Waals surface area contributed by atoms with E-state index in [1.165, 1.54) is 0 Å². The summed E-state index contributed by atoms with van der Waals surface area (Å²) in [5.41, 5.74) is 2.62. The van der Waals surface area contributed by atoms with Gasteiger partial charge < -0.3 is 15.0 Å². The Kier molecular flexibility index (Phi) is 10.8. The fourth-order valence-corrected chi connectivity index (χ4v) is 4.50. The van der Waals surface area contributed by atoms with Crippen molar-refractivity contribution in [1.29, 1.82) is 0 Å². The number of hydrogen-bond donors (Lipinski definition) is 1. The molecule has 0 bridgehead atoms. The number of nitrogens with one attached hydrogen (secondary N) is 1. The van der Waals surface area contributed by atoms with Gasteiger partial charge in [-0.2, -0.15) is 0 Å². The molecule has 0 aliphatic rings. The number of hydrogen-bond acceptors (Lipinski definition) is 3. The van der Waals surface area contributed by atoms with Crippen LogP contribution in [0.15, 0.2) is 78.9 Å². The standard InChI is InChI=1S/C32H39ClN2O3/c1-5-6-20-34-31(37)28(21-24-14-8-7-9-15-24)35(22-25-16-10-12-18-27(25)33)30(36)23-38-29-19-13-11-17-26(29)32(2,3)4/h7-19,28H,5-6,20-23H2,1-4H3,(H,34,37)/t28-/m1/s1. The maximum absolute atomic E-state index is 13.8. The lowest BCUT2D eigenvalue weighted by Crippen LogP contribution is -2.51. The Morgan fingerprint density at radius 1 is 0.947 bits per heavy atom. The molecule has 0 spiro atoms. The molecule has 1 N–H and O–H groups in total. The predicted octanol–water partition coefficient (Wildman–Crippen LogP) is 6.57. The highest BCUT2D eigenvalue weighted by molar-refractivity contribution is 6.31. The summed E-state index contributed by atoms with van der Waals surface area (Å²) in [5, 5.41) is 3.59. The van der Waals surface area contributed by atoms with E-state index >= 15 is 0 Å². The van der Waals surface area contributed by atoms with Gasteiger partial charge in [0.25, 0.3) is 5.91 Å². The van der Waals surface area contributed by atoms with Crippen LogP contribution in [-0.4, -0.2) is 35.9 Å². The molecule has 5 nitrogen and oxygen atoms in total. The Balaban J connectivity index is 1.93. The van der Waals surface area contributed by atoms with Gasteiger partial charge in [0, 0.05) is 24.5 Å². The quantitative estimate of drug-likeness (QED) is 0.267. The molecule has 0 heterocycles. The van der Waals surface area contributed by atoms with Crippen molar-refractivity contribution in [1.82, 2.24) is 10.2 Å². The number of para-hydroxylation sites is 1. The first-order valence-electron chi connectivity index (χ1n) is 13.3. The smallest absolute Gasteiger partial charge is 0.261 e. The second kappa shape index (κ2) is 14.0. The lowest BCUT2D eigenvalue weighted by Gasteiger charge is -2.32. The first-order chi connectivity index (χ1) is 18.2. The number of ether oxygens (including phenoxy) is 1. The molecule has 0 radical (unpaired) electrons. The maximum Gasteiger partial charge on any atom is 0.261 e. The zero-order valence-electron chi connectivity index (χ0n) is 22.9. The van der Waals surface area contributed by atoms with Crippen LogP contribution in [0.25, 0.3) is 0 Å². The van der Waals surface area contributed by atoms with Gasteiger partial charge in [0.15, 0.2) is 6.61 Å². The topological polar surface area (TPSA) is 58.6 Å². The third-order valence-corrected chi connectivity index (χ3v) is 6.81. The summed E-state index contributed by atoms with van der Waals surface area (Å²) in [6.45, 7) is 8.97. The highest BCUT2D eigenvalue weighted by Gasteiger charge is 2.31. The van der Waals surface area contributed by atoms with Crippen LogP contribution < -0.4 is 10.1 Å². The number of amides is 2. The third kappa shape index (κ3) is 8.35. The van der Waals surface area contributed by atoms with Crippen molar-refractivity contribution in [3.05, 3.63) is 101 Å². The maximum atomic E-state index is 13.8. The second-order valence-electron chi connectivity index (χ2n) is 10.5. The molecule has 202 valence electrons. The van der Waals surface area contributed by atoms with E-state index in [4.69, 9.17) is 16.3 Å². The molecule has 0 saturated heterocycles. The number of unbranched alkanes of at least 4 members (excludes halogenated alkanes) is 1. The molecule has 3 rings (SSSR count). The minimum atomic E-state index is -0.723. The zero-order chi connectivity index (χ0) is 27.5. The molecular formula is C32H39ClN2O3. The molecule has 1 atom stereocenters. The fraction of sp³-hybridized carbons (Fsp3) is 0.375. The van der Waals surface area contributed by atoms with Gasteiger partial charge in [-0.15, -0.1) is 0 Å². The molecular weight excluding hydrogens is 496 g/mol. The summed E-state index contributed by atoms with van der Waals surface area (Å²) in [7, 11) is 0. The summed E-state index contributed by atoms with van der Waals surface area (Å²) in [4.78, 5) is 29.0. The van der Waals surface area contributed by atoms with E-state index in [-0.39, 0.29) is 30.4 Å². The number of halogens is 1. The largest absolute Gasteiger partial charge is 0.483 e. The Labute approximate surface area is 232 Å². The third-order valence-electron chi connectivity index (χ3n) is 6.45. The molecule has 3 aromatic rings. The van der Waals surface area contributed by atoms with Crippen molar-refractivity contribution < 1.29 is 14.3 Å². The van der Waals surface area contributed by atoms with Crippen molar-refractivity contribution in [3.8, 4) is 5.75 Å². The molecule has 6 heteroatoms. The van der Waals surface area contributed by atoms with E-state index in [1.807, 2.05) is 72.8 Å². The lowest BCUT2D eigenvalue weighted by molar-refractivity contribution is -0.142. The van der Waals surface area contributed by atoms with Gasteiger partial charge >= 0.3 is 0 Å². The monoisotopic (exact) mass is 534 g/mol. The summed E-state index contributed by atoms with van der Waals surface area (Å²) in [6.07, 6.45) is 2.22. The summed E-state index contributed by atoms with van der Waals surface area (Å²) < 4.78 is 6.10. The van der Waals surface area contributed by atoms with E-state index in [1.54, 1.807) is 11.0 Å². The van der Waals surface area contributed by atoms with Crippen LogP contribution >= 0.6 is 11.6 Å². The Bertz CT molecular complexity index is 1190. The summed E-state index contributed by atoms with van der Waals surface area (Å²) >= 11 is 6.49. The summed E-state index contributed by atoms with van der Waals surface area (Å²) in [6, 6.07) is 24.2. The zero-order valence-corrected chi connectivity index (χ0v) is 23.6. The number of benzene rings is 3. The lowest BCUT2D eigenvalue weighted by atomic mass is 9.86. The minimum absolute atomic E-state index is 0.147. The first kappa shape index (κ1) is 29.2. The van der Waals surface area contributed by atoms with E-state index in [9.17, 15) is 9.59 Å². The Hall–Kier alpha value is -3.31. The van der Waals surface area contributed by atoms with Gasteiger partial charge in [0.2, 0.25) is 5.91 Å². The normalized spacial score (nSPS) is 12.0. The Morgan fingerprint density at radius 3 is 2.29 bits per heavy atom. The van der Waals surface area contributed by atoms with Gasteiger partial charge in [-0.1, -0.05) is 112 Å². The number of carbonyl (C=O) groups is 2. The molecule has 0 aliphatic heterocycles. The van der Waals surface area contributed by atoms with Crippen LogP contribution in [0, 0.1) is 0 Å². The van der Waals surface area contributed by atoms with E-state index in [0.29, 0.717) is 23.7 Å². The van der Waals surface area contributed by atoms with Crippen LogP contribution in [0.5, 0.6) is 5.75 Å². The molecule has 38 heavy (non-hydrogen) atoms. The van der Waals surface area contributed by atoms with Crippen LogP contribution in [0.3, 0.4) is 0 Å². The fourth-order valence-electron chi connectivity index (χ4n) is 4.30. The van der Waals surface area contributed by atoms with Crippen molar-refractivity contribution in [2.75, 3.05) is 13.2 Å². The molecule has 0 aromatic heterocycles. The highest BCUT2D eigenvalue weighted by atomic mass is 35.5. The van der Waals surface area contributed by atoms with Gasteiger partial charge in [-0.3, -0.25) is 9.59 Å².